The number of nitrogens with zero attached hydrogens (tertiary/aromatic N) is 4. The molecule has 2 aromatic heterocycles. The summed E-state index contributed by atoms with van der Waals surface area (Å²) >= 11 is 6.28. The number of carbonyl (C=O) groups excluding carboxylic acids is 1. The molecule has 2 heterocycles. The van der Waals surface area contributed by atoms with Crippen LogP contribution in [0.2, 0.25) is 5.02 Å². The molecule has 0 atom stereocenters. The summed E-state index contributed by atoms with van der Waals surface area (Å²) in [4.78, 5) is 17.0. The first-order chi connectivity index (χ1) is 18.6. The molecule has 11 heteroatoms. The molecule has 0 spiro atoms. The monoisotopic (exact) mass is 550 g/mol. The standard InChI is InChI=1S/C28H22ClF3N6O/c1-17-15-38(16-33-17)24-13-20(28(30,31)32)12-23(14-24)35-27(39)19-6-9-25(29)18(11-19)5-7-22-8-10-26(37-36-22)34-21-3-2-4-21/h6,8-16,21H,2-4H2,1H3,(H,34,37)(H,35,39). The molecule has 1 aliphatic rings. The summed E-state index contributed by atoms with van der Waals surface area (Å²) in [7, 11) is 0. The van der Waals surface area contributed by atoms with E-state index in [1.807, 2.05) is 0 Å². The third-order valence-electron chi connectivity index (χ3n) is 6.19. The number of hydrogen-bond acceptors (Lipinski definition) is 5. The Morgan fingerprint density at radius 3 is 2.54 bits per heavy atom. The maximum Gasteiger partial charge on any atom is 0.416 e. The van der Waals surface area contributed by atoms with Gasteiger partial charge in [-0.3, -0.25) is 4.79 Å². The molecule has 5 rings (SSSR count). The average molecular weight is 551 g/mol. The van der Waals surface area contributed by atoms with Crippen LogP contribution in [-0.2, 0) is 6.18 Å². The first-order valence-electron chi connectivity index (χ1n) is 12.1. The van der Waals surface area contributed by atoms with Crippen molar-refractivity contribution < 1.29 is 18.0 Å². The summed E-state index contributed by atoms with van der Waals surface area (Å²) in [5, 5.41) is 14.4. The lowest BCUT2D eigenvalue weighted by Gasteiger charge is -2.26. The third kappa shape index (κ3) is 6.38. The minimum absolute atomic E-state index is 0.0235. The van der Waals surface area contributed by atoms with E-state index in [2.05, 4.69) is 37.7 Å². The maximum atomic E-state index is 13.6. The van der Waals surface area contributed by atoms with Crippen molar-refractivity contribution in [3.05, 3.63) is 94.2 Å². The van der Waals surface area contributed by atoms with Crippen molar-refractivity contribution in [2.75, 3.05) is 10.6 Å². The van der Waals surface area contributed by atoms with Crippen molar-refractivity contribution in [2.24, 2.45) is 0 Å². The first-order valence-corrected chi connectivity index (χ1v) is 12.5. The fourth-order valence-corrected chi connectivity index (χ4v) is 4.06. The van der Waals surface area contributed by atoms with E-state index in [0.29, 0.717) is 33.8 Å². The van der Waals surface area contributed by atoms with Crippen LogP contribution >= 0.6 is 11.6 Å². The van der Waals surface area contributed by atoms with Crippen molar-refractivity contribution in [1.29, 1.82) is 0 Å². The number of carbonyl (C=O) groups is 1. The van der Waals surface area contributed by atoms with Crippen LogP contribution in [0.5, 0.6) is 0 Å². The van der Waals surface area contributed by atoms with Gasteiger partial charge in [-0.25, -0.2) is 4.98 Å². The number of aryl methyl sites for hydroxylation is 1. The zero-order valence-electron chi connectivity index (χ0n) is 20.7. The Bertz CT molecular complexity index is 1580. The van der Waals surface area contributed by atoms with Gasteiger partial charge in [0, 0.05) is 34.7 Å². The number of alkyl halides is 3. The Morgan fingerprint density at radius 1 is 1.08 bits per heavy atom. The SMILES string of the molecule is Cc1cn(-c2cc(NC(=O)c3ccc(Cl)c(C#Cc4ccc(NC5CCC5)nn4)c3)cc(C(F)(F)F)c2)cn1. The molecule has 2 aromatic carbocycles. The second-order valence-corrected chi connectivity index (χ2v) is 9.57. The van der Waals surface area contributed by atoms with E-state index in [4.69, 9.17) is 11.6 Å². The fraction of sp³-hybridized carbons (Fsp3) is 0.214. The van der Waals surface area contributed by atoms with Gasteiger partial charge in [0.2, 0.25) is 0 Å². The molecule has 0 bridgehead atoms. The largest absolute Gasteiger partial charge is 0.416 e. The molecule has 7 nitrogen and oxygen atoms in total. The molecule has 198 valence electrons. The smallest absolute Gasteiger partial charge is 0.366 e. The van der Waals surface area contributed by atoms with E-state index in [-0.39, 0.29) is 16.9 Å². The highest BCUT2D eigenvalue weighted by atomic mass is 35.5. The second kappa shape index (κ2) is 10.8. The summed E-state index contributed by atoms with van der Waals surface area (Å²) < 4.78 is 42.2. The predicted octanol–water partition coefficient (Wildman–Crippen LogP) is 6.26. The fourth-order valence-electron chi connectivity index (χ4n) is 3.89. The van der Waals surface area contributed by atoms with E-state index in [9.17, 15) is 18.0 Å². The number of nitrogens with one attached hydrogen (secondary N) is 2. The topological polar surface area (TPSA) is 84.7 Å². The lowest BCUT2D eigenvalue weighted by molar-refractivity contribution is -0.137. The van der Waals surface area contributed by atoms with Crippen molar-refractivity contribution in [3.63, 3.8) is 0 Å². The summed E-state index contributed by atoms with van der Waals surface area (Å²) in [6.45, 7) is 1.73. The predicted molar refractivity (Wildman–Crippen MR) is 142 cm³/mol. The summed E-state index contributed by atoms with van der Waals surface area (Å²) in [6, 6.07) is 11.7. The molecule has 2 N–H and O–H groups in total. The zero-order valence-corrected chi connectivity index (χ0v) is 21.4. The number of amides is 1. The summed E-state index contributed by atoms with van der Waals surface area (Å²) in [5.41, 5.74) is 0.877. The van der Waals surface area contributed by atoms with E-state index < -0.39 is 17.6 Å². The first kappa shape index (κ1) is 26.3. The van der Waals surface area contributed by atoms with Crippen LogP contribution in [-0.4, -0.2) is 31.7 Å². The van der Waals surface area contributed by atoms with E-state index in [1.54, 1.807) is 25.3 Å². The van der Waals surface area contributed by atoms with Gasteiger partial charge in [0.1, 0.15) is 11.5 Å². The lowest BCUT2D eigenvalue weighted by Crippen LogP contribution is -2.27. The average Bonchev–Trinajstić information content (AvgIpc) is 3.32. The van der Waals surface area contributed by atoms with Crippen LogP contribution < -0.4 is 10.6 Å². The number of rotatable bonds is 5. The molecule has 0 radical (unpaired) electrons. The van der Waals surface area contributed by atoms with Crippen LogP contribution in [0.1, 0.15) is 52.1 Å². The number of benzene rings is 2. The van der Waals surface area contributed by atoms with Crippen LogP contribution in [0.4, 0.5) is 24.7 Å². The molecule has 4 aromatic rings. The van der Waals surface area contributed by atoms with E-state index in [0.717, 1.165) is 25.0 Å². The Morgan fingerprint density at radius 2 is 1.90 bits per heavy atom. The van der Waals surface area contributed by atoms with Crippen LogP contribution in [0, 0.1) is 18.8 Å². The molecule has 1 aliphatic carbocycles. The highest BCUT2D eigenvalue weighted by Crippen LogP contribution is 2.33. The highest BCUT2D eigenvalue weighted by Gasteiger charge is 2.31. The summed E-state index contributed by atoms with van der Waals surface area (Å²) in [5.74, 6) is 5.83. The van der Waals surface area contributed by atoms with Gasteiger partial charge in [0.25, 0.3) is 5.91 Å². The van der Waals surface area contributed by atoms with E-state index >= 15 is 0 Å². The van der Waals surface area contributed by atoms with Crippen LogP contribution in [0.3, 0.4) is 0 Å². The van der Waals surface area contributed by atoms with Crippen molar-refractivity contribution in [3.8, 4) is 17.5 Å². The van der Waals surface area contributed by atoms with Crippen LogP contribution in [0.15, 0.2) is 61.1 Å². The van der Waals surface area contributed by atoms with Gasteiger partial charge in [-0.05, 0) is 80.6 Å². The van der Waals surface area contributed by atoms with Gasteiger partial charge in [0.05, 0.1) is 22.6 Å². The Balaban J connectivity index is 1.35. The van der Waals surface area contributed by atoms with Gasteiger partial charge < -0.3 is 15.2 Å². The van der Waals surface area contributed by atoms with Crippen molar-refractivity contribution in [1.82, 2.24) is 19.7 Å². The van der Waals surface area contributed by atoms with Crippen molar-refractivity contribution >= 4 is 29.0 Å². The van der Waals surface area contributed by atoms with Crippen molar-refractivity contribution in [2.45, 2.75) is 38.4 Å². The molecule has 1 fully saturated rings. The minimum atomic E-state index is -4.61. The van der Waals surface area contributed by atoms with Gasteiger partial charge in [-0.2, -0.15) is 13.2 Å². The normalized spacial score (nSPS) is 13.3. The Hall–Kier alpha value is -4.36. The molecule has 1 saturated carbocycles. The molecule has 39 heavy (non-hydrogen) atoms. The Kier molecular flexibility index (Phi) is 7.26. The minimum Gasteiger partial charge on any atom is -0.366 e. The quantitative estimate of drug-likeness (QED) is 0.287. The van der Waals surface area contributed by atoms with E-state index in [1.165, 1.54) is 41.6 Å². The molecular formula is C28H22ClF3N6O. The maximum absolute atomic E-state index is 13.6. The number of hydrogen-bond donors (Lipinski definition) is 2. The number of halogens is 4. The lowest BCUT2D eigenvalue weighted by atomic mass is 9.93. The molecule has 1 amide bonds. The molecular weight excluding hydrogens is 529 g/mol. The number of imidazole rings is 1. The number of anilines is 2. The second-order valence-electron chi connectivity index (χ2n) is 9.16. The van der Waals surface area contributed by atoms with Gasteiger partial charge in [-0.15, -0.1) is 10.2 Å². The van der Waals surface area contributed by atoms with Gasteiger partial charge in [0.15, 0.2) is 0 Å². The van der Waals surface area contributed by atoms with Gasteiger partial charge in [-0.1, -0.05) is 17.5 Å². The third-order valence-corrected chi connectivity index (χ3v) is 6.52. The number of aromatic nitrogens is 4. The molecule has 0 saturated heterocycles. The van der Waals surface area contributed by atoms with Gasteiger partial charge >= 0.3 is 6.18 Å². The zero-order chi connectivity index (χ0) is 27.6. The van der Waals surface area contributed by atoms with Crippen LogP contribution in [0.25, 0.3) is 5.69 Å². The Labute approximate surface area is 227 Å². The molecule has 0 unspecified atom stereocenters. The molecule has 0 aliphatic heterocycles. The summed E-state index contributed by atoms with van der Waals surface area (Å²) in [6.07, 6.45) is 1.83. The highest BCUT2D eigenvalue weighted by molar-refractivity contribution is 6.32.